The number of likely N-dealkylation sites (tertiary alicyclic amines) is 1. The molecule has 25 heavy (non-hydrogen) atoms. The molecule has 1 aromatic heterocycles. The smallest absolute Gasteiger partial charge is 0.303 e. The van der Waals surface area contributed by atoms with Crippen LogP contribution in [0.5, 0.6) is 5.75 Å². The second kappa shape index (κ2) is 7.34. The first-order valence-corrected chi connectivity index (χ1v) is 8.09. The van der Waals surface area contributed by atoms with Crippen LogP contribution in [0.3, 0.4) is 0 Å². The highest BCUT2D eigenvalue weighted by molar-refractivity contribution is 5.86. The molecule has 1 aliphatic heterocycles. The van der Waals surface area contributed by atoms with Crippen molar-refractivity contribution < 1.29 is 19.1 Å². The molecule has 2 atom stereocenters. The molecule has 0 spiro atoms. The first kappa shape index (κ1) is 17.0. The Hall–Kier alpha value is -2.89. The van der Waals surface area contributed by atoms with Gasteiger partial charge in [0, 0.05) is 32.3 Å². The molecule has 1 aliphatic rings. The molecule has 1 fully saturated rings. The van der Waals surface area contributed by atoms with Crippen LogP contribution in [-0.4, -0.2) is 35.0 Å². The fraction of sp³-hybridized carbons (Fsp3) is 0.316. The molecule has 3 rings (SSSR count). The molecule has 6 nitrogen and oxygen atoms in total. The highest BCUT2D eigenvalue weighted by atomic mass is 16.5. The van der Waals surface area contributed by atoms with Crippen molar-refractivity contribution in [2.45, 2.75) is 32.0 Å². The van der Waals surface area contributed by atoms with Gasteiger partial charge < -0.3 is 14.4 Å². The SMILES string of the molecule is COc1ccc(CN2C(=O)[C@@H](OC(C)=O)C[C@H]2c2cccnc2)cc1. The number of rotatable bonds is 5. The third-order valence-corrected chi connectivity index (χ3v) is 4.26. The minimum absolute atomic E-state index is 0.173. The van der Waals surface area contributed by atoms with E-state index in [4.69, 9.17) is 9.47 Å². The van der Waals surface area contributed by atoms with Gasteiger partial charge >= 0.3 is 5.97 Å². The molecule has 130 valence electrons. The topological polar surface area (TPSA) is 68.7 Å². The van der Waals surface area contributed by atoms with E-state index in [0.717, 1.165) is 16.9 Å². The van der Waals surface area contributed by atoms with Crippen LogP contribution in [0, 0.1) is 0 Å². The molecular formula is C19H20N2O4. The Bertz CT molecular complexity index is 746. The minimum Gasteiger partial charge on any atom is -0.497 e. The number of amides is 1. The molecule has 0 bridgehead atoms. The summed E-state index contributed by atoms with van der Waals surface area (Å²) in [6, 6.07) is 11.2. The monoisotopic (exact) mass is 340 g/mol. The maximum atomic E-state index is 12.8. The molecule has 6 heteroatoms. The van der Waals surface area contributed by atoms with Gasteiger partial charge in [-0.1, -0.05) is 18.2 Å². The van der Waals surface area contributed by atoms with Crippen molar-refractivity contribution in [1.29, 1.82) is 0 Å². The Morgan fingerprint density at radius 2 is 2.04 bits per heavy atom. The largest absolute Gasteiger partial charge is 0.497 e. The zero-order valence-electron chi connectivity index (χ0n) is 14.2. The van der Waals surface area contributed by atoms with Crippen molar-refractivity contribution >= 4 is 11.9 Å². The molecule has 0 unspecified atom stereocenters. The predicted octanol–water partition coefficient (Wildman–Crippen LogP) is 2.50. The molecular weight excluding hydrogens is 320 g/mol. The van der Waals surface area contributed by atoms with Crippen molar-refractivity contribution in [3.8, 4) is 5.75 Å². The highest BCUT2D eigenvalue weighted by Gasteiger charge is 2.42. The lowest BCUT2D eigenvalue weighted by molar-refractivity contribution is -0.154. The minimum atomic E-state index is -0.749. The van der Waals surface area contributed by atoms with Crippen LogP contribution < -0.4 is 4.74 Å². The van der Waals surface area contributed by atoms with Gasteiger partial charge in [0.2, 0.25) is 0 Å². The van der Waals surface area contributed by atoms with Crippen molar-refractivity contribution in [3.05, 3.63) is 59.9 Å². The summed E-state index contributed by atoms with van der Waals surface area (Å²) in [5, 5.41) is 0. The molecule has 1 saturated heterocycles. The fourth-order valence-electron chi connectivity index (χ4n) is 3.07. The van der Waals surface area contributed by atoms with Gasteiger partial charge in [0.05, 0.1) is 13.2 Å². The molecule has 2 aromatic rings. The van der Waals surface area contributed by atoms with Crippen molar-refractivity contribution in [1.82, 2.24) is 9.88 Å². The first-order valence-electron chi connectivity index (χ1n) is 8.09. The van der Waals surface area contributed by atoms with E-state index in [1.54, 1.807) is 24.4 Å². The standard InChI is InChI=1S/C19H20N2O4/c1-13(22)25-18-10-17(15-4-3-9-20-11-15)21(19(18)23)12-14-5-7-16(24-2)8-6-14/h3-9,11,17-18H,10,12H2,1-2H3/t17-,18-/m0/s1. The summed E-state index contributed by atoms with van der Waals surface area (Å²) < 4.78 is 10.4. The zero-order chi connectivity index (χ0) is 17.8. The van der Waals surface area contributed by atoms with Gasteiger partial charge in [-0.3, -0.25) is 14.6 Å². The molecule has 0 radical (unpaired) electrons. The summed E-state index contributed by atoms with van der Waals surface area (Å²) in [5.74, 6) is 0.132. The Balaban J connectivity index is 1.85. The summed E-state index contributed by atoms with van der Waals surface area (Å²) in [4.78, 5) is 29.9. The van der Waals surface area contributed by atoms with Crippen LogP contribution in [0.2, 0.25) is 0 Å². The highest BCUT2D eigenvalue weighted by Crippen LogP contribution is 2.35. The average Bonchev–Trinajstić information content (AvgIpc) is 2.92. The molecule has 0 aliphatic carbocycles. The van der Waals surface area contributed by atoms with E-state index < -0.39 is 12.1 Å². The lowest BCUT2D eigenvalue weighted by atomic mass is 10.1. The van der Waals surface area contributed by atoms with Crippen LogP contribution in [0.1, 0.15) is 30.5 Å². The van der Waals surface area contributed by atoms with E-state index >= 15 is 0 Å². The van der Waals surface area contributed by atoms with E-state index in [1.165, 1.54) is 6.92 Å². The van der Waals surface area contributed by atoms with Gasteiger partial charge in [0.1, 0.15) is 5.75 Å². The number of hydrogen-bond donors (Lipinski definition) is 0. The number of carbonyl (C=O) groups excluding carboxylic acids is 2. The average molecular weight is 340 g/mol. The molecule has 0 saturated carbocycles. The van der Waals surface area contributed by atoms with E-state index in [-0.39, 0.29) is 11.9 Å². The van der Waals surface area contributed by atoms with Crippen LogP contribution >= 0.6 is 0 Å². The molecule has 2 heterocycles. The van der Waals surface area contributed by atoms with E-state index in [0.29, 0.717) is 13.0 Å². The van der Waals surface area contributed by atoms with Crippen LogP contribution in [0.25, 0.3) is 0 Å². The van der Waals surface area contributed by atoms with Crippen LogP contribution in [0.15, 0.2) is 48.8 Å². The Kier molecular flexibility index (Phi) is 4.97. The van der Waals surface area contributed by atoms with Gasteiger partial charge in [-0.15, -0.1) is 0 Å². The molecule has 0 N–H and O–H groups in total. The lowest BCUT2D eigenvalue weighted by Crippen LogP contribution is -2.32. The van der Waals surface area contributed by atoms with E-state index in [1.807, 2.05) is 36.4 Å². The van der Waals surface area contributed by atoms with Crippen molar-refractivity contribution in [2.24, 2.45) is 0 Å². The summed E-state index contributed by atoms with van der Waals surface area (Å²) in [7, 11) is 1.61. The molecule has 1 amide bonds. The van der Waals surface area contributed by atoms with Gasteiger partial charge in [0.25, 0.3) is 5.91 Å². The number of carbonyl (C=O) groups is 2. The van der Waals surface area contributed by atoms with Gasteiger partial charge in [-0.05, 0) is 29.3 Å². The number of benzene rings is 1. The number of pyridine rings is 1. The van der Waals surface area contributed by atoms with Crippen LogP contribution in [0.4, 0.5) is 0 Å². The number of hydrogen-bond acceptors (Lipinski definition) is 5. The predicted molar refractivity (Wildman–Crippen MR) is 90.7 cm³/mol. The number of aromatic nitrogens is 1. The summed E-state index contributed by atoms with van der Waals surface area (Å²) >= 11 is 0. The number of nitrogens with zero attached hydrogens (tertiary/aromatic N) is 2. The van der Waals surface area contributed by atoms with E-state index in [9.17, 15) is 9.59 Å². The second-order valence-electron chi connectivity index (χ2n) is 5.95. The van der Waals surface area contributed by atoms with Gasteiger partial charge in [-0.2, -0.15) is 0 Å². The van der Waals surface area contributed by atoms with Crippen molar-refractivity contribution in [3.63, 3.8) is 0 Å². The lowest BCUT2D eigenvalue weighted by Gasteiger charge is -2.24. The number of ether oxygens (including phenoxy) is 2. The third-order valence-electron chi connectivity index (χ3n) is 4.26. The Labute approximate surface area is 146 Å². The fourth-order valence-corrected chi connectivity index (χ4v) is 3.07. The third kappa shape index (κ3) is 3.79. The van der Waals surface area contributed by atoms with Crippen molar-refractivity contribution in [2.75, 3.05) is 7.11 Å². The zero-order valence-corrected chi connectivity index (χ0v) is 14.2. The van der Waals surface area contributed by atoms with Gasteiger partial charge in [-0.25, -0.2) is 0 Å². The number of esters is 1. The second-order valence-corrected chi connectivity index (χ2v) is 5.95. The Morgan fingerprint density at radius 3 is 2.64 bits per heavy atom. The summed E-state index contributed by atoms with van der Waals surface area (Å²) in [6.07, 6.45) is 3.12. The quantitative estimate of drug-likeness (QED) is 0.782. The van der Waals surface area contributed by atoms with E-state index in [2.05, 4.69) is 4.98 Å². The maximum absolute atomic E-state index is 12.8. The Morgan fingerprint density at radius 1 is 1.28 bits per heavy atom. The van der Waals surface area contributed by atoms with Crippen LogP contribution in [-0.2, 0) is 20.9 Å². The molecule has 1 aromatic carbocycles. The summed E-state index contributed by atoms with van der Waals surface area (Å²) in [5.41, 5.74) is 1.91. The number of methoxy groups -OCH3 is 1. The summed E-state index contributed by atoms with van der Waals surface area (Å²) in [6.45, 7) is 1.75. The first-order chi connectivity index (χ1) is 12.1. The van der Waals surface area contributed by atoms with Gasteiger partial charge in [0.15, 0.2) is 6.10 Å². The maximum Gasteiger partial charge on any atom is 0.303 e. The normalized spacial score (nSPS) is 19.8.